The van der Waals surface area contributed by atoms with Crippen LogP contribution in [0.1, 0.15) is 28.8 Å². The lowest BCUT2D eigenvalue weighted by Gasteiger charge is -2.08. The molecule has 0 saturated heterocycles. The molecule has 0 aliphatic carbocycles. The average molecular weight is 433 g/mol. The number of methoxy groups -OCH3 is 1. The number of hydrogen-bond donors (Lipinski definition) is 2. The number of nitrogens with zero attached hydrogens (tertiary/aromatic N) is 3. The lowest BCUT2D eigenvalue weighted by molar-refractivity contribution is -0.116. The van der Waals surface area contributed by atoms with Crippen molar-refractivity contribution in [1.29, 1.82) is 0 Å². The van der Waals surface area contributed by atoms with E-state index in [1.165, 1.54) is 11.3 Å². The number of carbonyl (C=O) groups excluding carboxylic acids is 2. The van der Waals surface area contributed by atoms with E-state index in [2.05, 4.69) is 20.7 Å². The normalized spacial score (nSPS) is 13.4. The van der Waals surface area contributed by atoms with Crippen LogP contribution in [-0.2, 0) is 11.2 Å². The second-order valence-corrected chi connectivity index (χ2v) is 8.05. The van der Waals surface area contributed by atoms with Crippen LogP contribution in [0.5, 0.6) is 5.75 Å². The summed E-state index contributed by atoms with van der Waals surface area (Å²) in [5.41, 5.74) is 4.04. The van der Waals surface area contributed by atoms with Gasteiger partial charge in [0.05, 0.1) is 12.8 Å². The van der Waals surface area contributed by atoms with E-state index in [9.17, 15) is 9.59 Å². The number of anilines is 2. The minimum absolute atomic E-state index is 0.00470. The van der Waals surface area contributed by atoms with Gasteiger partial charge in [-0.25, -0.2) is 4.52 Å². The van der Waals surface area contributed by atoms with E-state index in [-0.39, 0.29) is 17.8 Å². The van der Waals surface area contributed by atoms with Crippen molar-refractivity contribution in [3.63, 3.8) is 0 Å². The van der Waals surface area contributed by atoms with Crippen LogP contribution in [0.3, 0.4) is 0 Å². The molecule has 0 fully saturated rings. The molecule has 0 unspecified atom stereocenters. The van der Waals surface area contributed by atoms with E-state index in [1.54, 1.807) is 23.8 Å². The largest absolute Gasteiger partial charge is 0.497 e. The van der Waals surface area contributed by atoms with Gasteiger partial charge in [-0.1, -0.05) is 12.1 Å². The average Bonchev–Trinajstić information content (AvgIpc) is 3.28. The maximum Gasteiger partial charge on any atom is 0.258 e. The highest BCUT2D eigenvalue weighted by Gasteiger charge is 2.17. The van der Waals surface area contributed by atoms with Gasteiger partial charge in [0, 0.05) is 28.6 Å². The highest BCUT2D eigenvalue weighted by molar-refractivity contribution is 7.15. The van der Waals surface area contributed by atoms with Gasteiger partial charge in [-0.15, -0.1) is 16.4 Å². The quantitative estimate of drug-likeness (QED) is 0.507. The van der Waals surface area contributed by atoms with Gasteiger partial charge in [0.15, 0.2) is 0 Å². The highest BCUT2D eigenvalue weighted by atomic mass is 32.1. The molecule has 0 bridgehead atoms. The number of ether oxygens (including phenoxy) is 1. The zero-order valence-electron chi connectivity index (χ0n) is 16.7. The van der Waals surface area contributed by atoms with E-state index in [4.69, 9.17) is 4.74 Å². The summed E-state index contributed by atoms with van der Waals surface area (Å²) in [7, 11) is 1.63. The third-order valence-corrected chi connectivity index (χ3v) is 5.98. The fraction of sp³-hybridized carbons (Fsp3) is 0.182. The molecule has 8 nitrogen and oxygen atoms in total. The fourth-order valence-corrected chi connectivity index (χ4v) is 4.44. The summed E-state index contributed by atoms with van der Waals surface area (Å²) in [6.45, 7) is 0. The highest BCUT2D eigenvalue weighted by Crippen LogP contribution is 2.28. The summed E-state index contributed by atoms with van der Waals surface area (Å²) >= 11 is 1.44. The first-order valence-corrected chi connectivity index (χ1v) is 10.7. The van der Waals surface area contributed by atoms with Crippen LogP contribution in [0.15, 0.2) is 47.8 Å². The minimum atomic E-state index is -0.292. The van der Waals surface area contributed by atoms with E-state index < -0.39 is 0 Å². The number of thiazole rings is 1. The molecule has 2 aromatic carbocycles. The zero-order valence-corrected chi connectivity index (χ0v) is 17.5. The van der Waals surface area contributed by atoms with Crippen molar-refractivity contribution in [2.75, 3.05) is 17.7 Å². The molecule has 1 aliphatic heterocycles. The van der Waals surface area contributed by atoms with Gasteiger partial charge in [0.1, 0.15) is 5.75 Å². The van der Waals surface area contributed by atoms with Crippen LogP contribution in [0.4, 0.5) is 11.6 Å². The molecule has 0 atom stereocenters. The lowest BCUT2D eigenvalue weighted by Crippen LogP contribution is -2.14. The van der Waals surface area contributed by atoms with Crippen molar-refractivity contribution in [1.82, 2.24) is 14.6 Å². The third-order valence-electron chi connectivity index (χ3n) is 5.16. The van der Waals surface area contributed by atoms with Gasteiger partial charge in [-0.3, -0.25) is 14.9 Å². The van der Waals surface area contributed by atoms with Gasteiger partial charge in [0.2, 0.25) is 10.9 Å². The Kier molecular flexibility index (Phi) is 4.87. The maximum absolute atomic E-state index is 12.8. The number of aryl methyl sites for hydroxylation is 1. The van der Waals surface area contributed by atoms with Gasteiger partial charge in [-0.05, 0) is 48.7 Å². The second-order valence-electron chi connectivity index (χ2n) is 7.21. The van der Waals surface area contributed by atoms with Gasteiger partial charge >= 0.3 is 0 Å². The van der Waals surface area contributed by atoms with Crippen molar-refractivity contribution in [2.24, 2.45) is 0 Å². The van der Waals surface area contributed by atoms with Crippen molar-refractivity contribution in [3.8, 4) is 17.0 Å². The Morgan fingerprint density at radius 1 is 1.23 bits per heavy atom. The molecule has 0 saturated carbocycles. The van der Waals surface area contributed by atoms with Gasteiger partial charge in [0.25, 0.3) is 11.9 Å². The molecule has 31 heavy (non-hydrogen) atoms. The van der Waals surface area contributed by atoms with Crippen LogP contribution in [0.2, 0.25) is 0 Å². The Hall–Kier alpha value is -3.72. The molecular formula is C22H19N5O3S. The fourth-order valence-electron chi connectivity index (χ4n) is 3.60. The summed E-state index contributed by atoms with van der Waals surface area (Å²) in [4.78, 5) is 29.6. The summed E-state index contributed by atoms with van der Waals surface area (Å²) in [6.07, 6.45) is 1.99. The van der Waals surface area contributed by atoms with Crippen LogP contribution in [0.25, 0.3) is 16.2 Å². The number of benzene rings is 2. The summed E-state index contributed by atoms with van der Waals surface area (Å²) in [6, 6.07) is 13.0. The Morgan fingerprint density at radius 2 is 2.13 bits per heavy atom. The van der Waals surface area contributed by atoms with E-state index >= 15 is 0 Å². The number of rotatable bonds is 4. The van der Waals surface area contributed by atoms with Crippen molar-refractivity contribution >= 4 is 39.7 Å². The van der Waals surface area contributed by atoms with E-state index in [0.29, 0.717) is 16.9 Å². The van der Waals surface area contributed by atoms with Crippen molar-refractivity contribution < 1.29 is 14.3 Å². The zero-order chi connectivity index (χ0) is 21.4. The Bertz CT molecular complexity index is 1310. The Balaban J connectivity index is 1.40. The molecular weight excluding hydrogens is 414 g/mol. The predicted octanol–water partition coefficient (Wildman–Crippen LogP) is 3.99. The van der Waals surface area contributed by atoms with Crippen molar-refractivity contribution in [2.45, 2.75) is 19.3 Å². The summed E-state index contributed by atoms with van der Waals surface area (Å²) in [5.74, 6) is 0.707. The molecule has 3 heterocycles. The van der Waals surface area contributed by atoms with Gasteiger partial charge < -0.3 is 10.1 Å². The molecule has 1 aliphatic rings. The first-order valence-electron chi connectivity index (χ1n) is 9.83. The van der Waals surface area contributed by atoms with Crippen LogP contribution in [0, 0.1) is 0 Å². The SMILES string of the molecule is COc1cccc(-c2csc3nc(NC(=O)c4ccc5c(c4)CCCC(=O)N5)nn23)c1. The molecule has 2 N–H and O–H groups in total. The molecule has 2 aromatic heterocycles. The Morgan fingerprint density at radius 3 is 3.00 bits per heavy atom. The van der Waals surface area contributed by atoms with E-state index in [0.717, 1.165) is 41.1 Å². The number of hydrogen-bond acceptors (Lipinski definition) is 6. The molecule has 0 spiro atoms. The van der Waals surface area contributed by atoms with Crippen molar-refractivity contribution in [3.05, 3.63) is 59.0 Å². The number of aromatic nitrogens is 3. The molecule has 9 heteroatoms. The summed E-state index contributed by atoms with van der Waals surface area (Å²) in [5, 5.41) is 12.1. The Labute approximate surface area is 181 Å². The molecule has 4 aromatic rings. The van der Waals surface area contributed by atoms with E-state index in [1.807, 2.05) is 35.7 Å². The summed E-state index contributed by atoms with van der Waals surface area (Å²) < 4.78 is 7.01. The molecule has 0 radical (unpaired) electrons. The van der Waals surface area contributed by atoms with Crippen LogP contribution < -0.4 is 15.4 Å². The predicted molar refractivity (Wildman–Crippen MR) is 119 cm³/mol. The topological polar surface area (TPSA) is 97.6 Å². The van der Waals surface area contributed by atoms with Gasteiger partial charge in [-0.2, -0.15) is 4.98 Å². The standard InChI is InChI=1S/C22H19N5O3S/c1-30-16-6-2-5-14(11-16)18-12-31-22-25-21(26-27(18)22)24-20(29)15-8-9-17-13(10-15)4-3-7-19(28)23-17/h2,5-6,8-12H,3-4,7H2,1H3,(H,23,28)(H,24,26,29). The number of carbonyl (C=O) groups is 2. The lowest BCUT2D eigenvalue weighted by atomic mass is 10.0. The van der Waals surface area contributed by atoms with Crippen LogP contribution in [-0.4, -0.2) is 33.5 Å². The minimum Gasteiger partial charge on any atom is -0.497 e. The maximum atomic E-state index is 12.8. The third kappa shape index (κ3) is 3.75. The van der Waals surface area contributed by atoms with Crippen LogP contribution >= 0.6 is 11.3 Å². The smallest absolute Gasteiger partial charge is 0.258 e. The number of nitrogens with one attached hydrogen (secondary N) is 2. The molecule has 156 valence electrons. The first kappa shape index (κ1) is 19.3. The number of fused-ring (bicyclic) bond motifs is 2. The molecule has 5 rings (SSSR count). The monoisotopic (exact) mass is 433 g/mol. The number of amides is 2. The first-order chi connectivity index (χ1) is 15.1. The molecule has 2 amide bonds. The second kappa shape index (κ2) is 7.84.